The summed E-state index contributed by atoms with van der Waals surface area (Å²) in [6.45, 7) is 6.27. The van der Waals surface area contributed by atoms with Crippen LogP contribution < -0.4 is 0 Å². The SMILES string of the molecule is Cc1cc(C(C)C)nc(CCO)n1. The zero-order valence-electron chi connectivity index (χ0n) is 8.41. The molecule has 72 valence electrons. The van der Waals surface area contributed by atoms with Gasteiger partial charge in [-0.3, -0.25) is 0 Å². The number of aryl methyl sites for hydroxylation is 1. The smallest absolute Gasteiger partial charge is 0.131 e. The first-order valence-electron chi connectivity index (χ1n) is 4.58. The van der Waals surface area contributed by atoms with Crippen molar-refractivity contribution in [1.29, 1.82) is 0 Å². The molecule has 1 aromatic rings. The number of aliphatic hydroxyl groups excluding tert-OH is 1. The highest BCUT2D eigenvalue weighted by Gasteiger charge is 2.04. The molecule has 0 spiro atoms. The van der Waals surface area contributed by atoms with Gasteiger partial charge in [-0.15, -0.1) is 0 Å². The standard InChI is InChI=1S/C10H16N2O/c1-7(2)9-6-8(3)11-10(12-9)4-5-13/h6-7,13H,4-5H2,1-3H3. The van der Waals surface area contributed by atoms with Crippen molar-refractivity contribution in [3.8, 4) is 0 Å². The third kappa shape index (κ3) is 2.77. The van der Waals surface area contributed by atoms with Crippen molar-refractivity contribution in [1.82, 2.24) is 9.97 Å². The van der Waals surface area contributed by atoms with Crippen molar-refractivity contribution in [2.24, 2.45) is 0 Å². The van der Waals surface area contributed by atoms with E-state index in [1.807, 2.05) is 13.0 Å². The van der Waals surface area contributed by atoms with Crippen LogP contribution in [-0.4, -0.2) is 21.7 Å². The van der Waals surface area contributed by atoms with E-state index >= 15 is 0 Å². The maximum absolute atomic E-state index is 8.76. The predicted octanol–water partition coefficient (Wildman–Crippen LogP) is 1.44. The molecule has 0 atom stereocenters. The van der Waals surface area contributed by atoms with Crippen molar-refractivity contribution in [3.05, 3.63) is 23.3 Å². The van der Waals surface area contributed by atoms with E-state index < -0.39 is 0 Å². The average Bonchev–Trinajstić information content (AvgIpc) is 2.03. The second-order valence-corrected chi connectivity index (χ2v) is 3.48. The van der Waals surface area contributed by atoms with Gasteiger partial charge in [0.2, 0.25) is 0 Å². The fourth-order valence-electron chi connectivity index (χ4n) is 1.16. The lowest BCUT2D eigenvalue weighted by molar-refractivity contribution is 0.296. The quantitative estimate of drug-likeness (QED) is 0.765. The Morgan fingerprint density at radius 1 is 1.38 bits per heavy atom. The number of aromatic nitrogens is 2. The van der Waals surface area contributed by atoms with Crippen LogP contribution in [0.5, 0.6) is 0 Å². The molecule has 0 aliphatic carbocycles. The molecular formula is C10H16N2O. The third-order valence-corrected chi connectivity index (χ3v) is 1.85. The van der Waals surface area contributed by atoms with E-state index in [4.69, 9.17) is 5.11 Å². The predicted molar refractivity (Wildman–Crippen MR) is 51.6 cm³/mol. The molecule has 0 aliphatic rings. The number of nitrogens with zero attached hydrogens (tertiary/aromatic N) is 2. The zero-order valence-corrected chi connectivity index (χ0v) is 8.41. The maximum atomic E-state index is 8.76. The van der Waals surface area contributed by atoms with Gasteiger partial charge in [-0.1, -0.05) is 13.8 Å². The molecular weight excluding hydrogens is 164 g/mol. The van der Waals surface area contributed by atoms with Crippen molar-refractivity contribution < 1.29 is 5.11 Å². The molecule has 0 unspecified atom stereocenters. The van der Waals surface area contributed by atoms with Crippen LogP contribution in [-0.2, 0) is 6.42 Å². The van der Waals surface area contributed by atoms with Gasteiger partial charge in [0.1, 0.15) is 5.82 Å². The fourth-order valence-corrected chi connectivity index (χ4v) is 1.16. The van der Waals surface area contributed by atoms with Gasteiger partial charge in [0, 0.05) is 17.8 Å². The van der Waals surface area contributed by atoms with Crippen LogP contribution in [0.4, 0.5) is 0 Å². The first-order valence-corrected chi connectivity index (χ1v) is 4.58. The van der Waals surface area contributed by atoms with E-state index in [2.05, 4.69) is 23.8 Å². The molecule has 1 heterocycles. The second kappa shape index (κ2) is 4.33. The Bertz CT molecular complexity index is 284. The number of hydrogen-bond acceptors (Lipinski definition) is 3. The summed E-state index contributed by atoms with van der Waals surface area (Å²) >= 11 is 0. The van der Waals surface area contributed by atoms with Crippen LogP contribution in [0.1, 0.15) is 37.0 Å². The molecule has 0 radical (unpaired) electrons. The van der Waals surface area contributed by atoms with E-state index in [1.54, 1.807) is 0 Å². The molecule has 1 rings (SSSR count). The summed E-state index contributed by atoms with van der Waals surface area (Å²) in [4.78, 5) is 8.59. The van der Waals surface area contributed by atoms with E-state index in [9.17, 15) is 0 Å². The van der Waals surface area contributed by atoms with Crippen molar-refractivity contribution in [2.45, 2.75) is 33.1 Å². The molecule has 3 nitrogen and oxygen atoms in total. The van der Waals surface area contributed by atoms with Crippen LogP contribution in [0, 0.1) is 6.92 Å². The molecule has 1 N–H and O–H groups in total. The lowest BCUT2D eigenvalue weighted by Gasteiger charge is -2.07. The Labute approximate surface area is 78.9 Å². The summed E-state index contributed by atoms with van der Waals surface area (Å²) in [7, 11) is 0. The highest BCUT2D eigenvalue weighted by atomic mass is 16.3. The van der Waals surface area contributed by atoms with Gasteiger partial charge in [0.05, 0.1) is 6.61 Å². The summed E-state index contributed by atoms with van der Waals surface area (Å²) in [5.74, 6) is 1.16. The van der Waals surface area contributed by atoms with Gasteiger partial charge >= 0.3 is 0 Å². The van der Waals surface area contributed by atoms with Crippen LogP contribution in [0.2, 0.25) is 0 Å². The summed E-state index contributed by atoms with van der Waals surface area (Å²) < 4.78 is 0. The van der Waals surface area contributed by atoms with Crippen LogP contribution in [0.3, 0.4) is 0 Å². The molecule has 0 saturated heterocycles. The minimum Gasteiger partial charge on any atom is -0.396 e. The summed E-state index contributed by atoms with van der Waals surface area (Å²) in [6.07, 6.45) is 0.543. The molecule has 0 fully saturated rings. The molecule has 13 heavy (non-hydrogen) atoms. The third-order valence-electron chi connectivity index (χ3n) is 1.85. The first kappa shape index (κ1) is 10.1. The molecule has 0 aromatic carbocycles. The lowest BCUT2D eigenvalue weighted by Crippen LogP contribution is -2.04. The summed E-state index contributed by atoms with van der Waals surface area (Å²) in [6, 6.07) is 1.99. The summed E-state index contributed by atoms with van der Waals surface area (Å²) in [5, 5.41) is 8.76. The van der Waals surface area contributed by atoms with Crippen molar-refractivity contribution >= 4 is 0 Å². The zero-order chi connectivity index (χ0) is 9.84. The first-order chi connectivity index (χ1) is 6.13. The largest absolute Gasteiger partial charge is 0.396 e. The minimum atomic E-state index is 0.112. The van der Waals surface area contributed by atoms with E-state index in [1.165, 1.54) is 0 Å². The van der Waals surface area contributed by atoms with E-state index in [0.29, 0.717) is 12.3 Å². The Morgan fingerprint density at radius 2 is 2.08 bits per heavy atom. The Morgan fingerprint density at radius 3 is 2.62 bits per heavy atom. The lowest BCUT2D eigenvalue weighted by atomic mass is 10.1. The highest BCUT2D eigenvalue weighted by Crippen LogP contribution is 2.12. The topological polar surface area (TPSA) is 46.0 Å². The number of hydrogen-bond donors (Lipinski definition) is 1. The van der Waals surface area contributed by atoms with Gasteiger partial charge in [0.25, 0.3) is 0 Å². The molecule has 0 aliphatic heterocycles. The van der Waals surface area contributed by atoms with E-state index in [0.717, 1.165) is 17.2 Å². The minimum absolute atomic E-state index is 0.112. The van der Waals surface area contributed by atoms with Crippen LogP contribution in [0.15, 0.2) is 6.07 Å². The molecule has 0 bridgehead atoms. The van der Waals surface area contributed by atoms with Gasteiger partial charge in [-0.05, 0) is 18.9 Å². The number of rotatable bonds is 3. The Balaban J connectivity index is 2.96. The fraction of sp³-hybridized carbons (Fsp3) is 0.600. The monoisotopic (exact) mass is 180 g/mol. The van der Waals surface area contributed by atoms with Crippen molar-refractivity contribution in [2.75, 3.05) is 6.61 Å². The normalized spacial score (nSPS) is 10.8. The average molecular weight is 180 g/mol. The van der Waals surface area contributed by atoms with Gasteiger partial charge in [0.15, 0.2) is 0 Å². The highest BCUT2D eigenvalue weighted by molar-refractivity contribution is 5.13. The van der Waals surface area contributed by atoms with E-state index in [-0.39, 0.29) is 6.61 Å². The molecule has 0 amide bonds. The molecule has 1 aromatic heterocycles. The van der Waals surface area contributed by atoms with Gasteiger partial charge < -0.3 is 5.11 Å². The Hall–Kier alpha value is -0.960. The molecule has 0 saturated carbocycles. The van der Waals surface area contributed by atoms with Gasteiger partial charge in [-0.2, -0.15) is 0 Å². The second-order valence-electron chi connectivity index (χ2n) is 3.48. The molecule has 3 heteroatoms. The van der Waals surface area contributed by atoms with Gasteiger partial charge in [-0.25, -0.2) is 9.97 Å². The Kier molecular flexibility index (Phi) is 3.37. The van der Waals surface area contributed by atoms with Crippen LogP contribution in [0.25, 0.3) is 0 Å². The summed E-state index contributed by atoms with van der Waals surface area (Å²) in [5.41, 5.74) is 2.03. The number of aliphatic hydroxyl groups is 1. The maximum Gasteiger partial charge on any atom is 0.131 e. The van der Waals surface area contributed by atoms with Crippen molar-refractivity contribution in [3.63, 3.8) is 0 Å². The van der Waals surface area contributed by atoms with Crippen LogP contribution >= 0.6 is 0 Å².